The van der Waals surface area contributed by atoms with E-state index in [1.165, 1.54) is 5.56 Å². The summed E-state index contributed by atoms with van der Waals surface area (Å²) in [5.41, 5.74) is 1.93. The fourth-order valence-corrected chi connectivity index (χ4v) is 5.64. The Kier molecular flexibility index (Phi) is 5.82. The molecule has 1 aromatic carbocycles. The van der Waals surface area contributed by atoms with Gasteiger partial charge in [0, 0.05) is 26.1 Å². The smallest absolute Gasteiger partial charge is 0.188 e. The van der Waals surface area contributed by atoms with E-state index >= 15 is 0 Å². The Hall–Kier alpha value is -2.58. The first-order chi connectivity index (χ1) is 15.2. The molecule has 2 aromatic heterocycles. The van der Waals surface area contributed by atoms with Crippen molar-refractivity contribution in [2.24, 2.45) is 0 Å². The number of morpholine rings is 1. The van der Waals surface area contributed by atoms with E-state index in [2.05, 4.69) is 38.8 Å². The van der Waals surface area contributed by atoms with Gasteiger partial charge in [0.1, 0.15) is 11.0 Å². The zero-order chi connectivity index (χ0) is 21.2. The van der Waals surface area contributed by atoms with Crippen LogP contribution < -0.4 is 9.80 Å². The second-order valence-electron chi connectivity index (χ2n) is 8.28. The second-order valence-corrected chi connectivity index (χ2v) is 9.26. The minimum atomic E-state index is -0.105. The maximum absolute atomic E-state index is 13.2. The minimum absolute atomic E-state index is 0.105. The zero-order valence-corrected chi connectivity index (χ0v) is 18.6. The van der Waals surface area contributed by atoms with Crippen molar-refractivity contribution in [2.75, 3.05) is 42.6 Å². The van der Waals surface area contributed by atoms with Crippen LogP contribution in [0.2, 0.25) is 0 Å². The van der Waals surface area contributed by atoms with Crippen LogP contribution in [0, 0.1) is 0 Å². The van der Waals surface area contributed by atoms with Crippen LogP contribution in [0.4, 0.5) is 10.9 Å². The summed E-state index contributed by atoms with van der Waals surface area (Å²) in [6, 6.07) is 10.2. The predicted octanol–water partition coefficient (Wildman–Crippen LogP) is 3.65. The normalized spacial score (nSPS) is 20.4. The molecule has 2 atom stereocenters. The van der Waals surface area contributed by atoms with Gasteiger partial charge in [0.15, 0.2) is 22.4 Å². The lowest BCUT2D eigenvalue weighted by Crippen LogP contribution is -2.36. The maximum atomic E-state index is 13.2. The highest BCUT2D eigenvalue weighted by Gasteiger charge is 2.33. The molecule has 0 saturated carbocycles. The van der Waals surface area contributed by atoms with Gasteiger partial charge >= 0.3 is 0 Å². The van der Waals surface area contributed by atoms with Gasteiger partial charge in [0.2, 0.25) is 0 Å². The molecule has 5 rings (SSSR count). The van der Waals surface area contributed by atoms with Crippen molar-refractivity contribution >= 4 is 38.4 Å². The molecule has 31 heavy (non-hydrogen) atoms. The van der Waals surface area contributed by atoms with Gasteiger partial charge in [-0.1, -0.05) is 48.6 Å². The first-order valence-corrected chi connectivity index (χ1v) is 11.8. The number of aromatic nitrogens is 3. The Morgan fingerprint density at radius 3 is 2.81 bits per heavy atom. The molecule has 0 bridgehead atoms. The van der Waals surface area contributed by atoms with Crippen molar-refractivity contribution in [3.8, 4) is 0 Å². The molecule has 0 spiro atoms. The van der Waals surface area contributed by atoms with E-state index in [0.717, 1.165) is 48.1 Å². The summed E-state index contributed by atoms with van der Waals surface area (Å²) in [5, 5.41) is 0.883. The summed E-state index contributed by atoms with van der Waals surface area (Å²) < 4.78 is 6.48. The third-order valence-electron chi connectivity index (χ3n) is 6.22. The molecule has 162 valence electrons. The van der Waals surface area contributed by atoms with E-state index in [0.29, 0.717) is 31.1 Å². The number of Topliss-reactive ketones (excluding diaryl/α,β-unsaturated/α-hetero) is 1. The average molecular weight is 438 g/mol. The number of hydrogen-bond acceptors (Lipinski definition) is 8. The highest BCUT2D eigenvalue weighted by molar-refractivity contribution is 7.22. The standard InChI is InChI=1S/C23H27N5O2S/c1-16(17-6-3-2-4-7-17)14-19(29)18-8-5-9-28(18)23-26-21-20(31-23)22(25-15-24-21)27-10-12-30-13-11-27/h2-4,6-7,15-16,18H,5,8-14H2,1H3/t16-,18+/m0/s1. The number of benzene rings is 1. The van der Waals surface area contributed by atoms with Crippen molar-refractivity contribution in [2.45, 2.75) is 38.1 Å². The quantitative estimate of drug-likeness (QED) is 0.583. The summed E-state index contributed by atoms with van der Waals surface area (Å²) in [6.45, 7) is 6.05. The number of carbonyl (C=O) groups excluding carboxylic acids is 1. The number of ketones is 1. The van der Waals surface area contributed by atoms with E-state index in [1.807, 2.05) is 18.2 Å². The van der Waals surface area contributed by atoms with Crippen LogP contribution in [0.25, 0.3) is 10.3 Å². The number of nitrogens with zero attached hydrogens (tertiary/aromatic N) is 5. The number of ether oxygens (including phenoxy) is 1. The van der Waals surface area contributed by atoms with Gasteiger partial charge < -0.3 is 14.5 Å². The maximum Gasteiger partial charge on any atom is 0.188 e. The molecule has 8 heteroatoms. The van der Waals surface area contributed by atoms with Crippen molar-refractivity contribution in [1.29, 1.82) is 0 Å². The number of thiazole rings is 1. The van der Waals surface area contributed by atoms with Gasteiger partial charge in [-0.05, 0) is 24.3 Å². The molecule has 4 heterocycles. The Balaban J connectivity index is 1.37. The van der Waals surface area contributed by atoms with Gasteiger partial charge in [-0.15, -0.1) is 0 Å². The lowest BCUT2D eigenvalue weighted by Gasteiger charge is -2.27. The summed E-state index contributed by atoms with van der Waals surface area (Å²) in [7, 11) is 0. The average Bonchev–Trinajstić information content (AvgIpc) is 3.47. The van der Waals surface area contributed by atoms with Gasteiger partial charge in [-0.3, -0.25) is 4.79 Å². The molecule has 0 radical (unpaired) electrons. The van der Waals surface area contributed by atoms with E-state index in [-0.39, 0.29) is 12.0 Å². The molecular formula is C23H27N5O2S. The van der Waals surface area contributed by atoms with Crippen molar-refractivity contribution in [3.05, 3.63) is 42.2 Å². The van der Waals surface area contributed by atoms with E-state index in [9.17, 15) is 4.79 Å². The summed E-state index contributed by atoms with van der Waals surface area (Å²) in [4.78, 5) is 31.4. The van der Waals surface area contributed by atoms with Crippen molar-refractivity contribution in [3.63, 3.8) is 0 Å². The number of carbonyl (C=O) groups is 1. The van der Waals surface area contributed by atoms with Crippen LogP contribution in [0.3, 0.4) is 0 Å². The number of anilines is 2. The minimum Gasteiger partial charge on any atom is -0.378 e. The van der Waals surface area contributed by atoms with Crippen LogP contribution in [-0.2, 0) is 9.53 Å². The lowest BCUT2D eigenvalue weighted by molar-refractivity contribution is -0.120. The molecule has 7 nitrogen and oxygen atoms in total. The first kappa shape index (κ1) is 20.3. The van der Waals surface area contributed by atoms with Crippen molar-refractivity contribution in [1.82, 2.24) is 15.0 Å². The molecule has 0 aliphatic carbocycles. The molecule has 0 N–H and O–H groups in total. The van der Waals surface area contributed by atoms with E-state index in [4.69, 9.17) is 9.72 Å². The molecule has 0 amide bonds. The molecule has 0 unspecified atom stereocenters. The van der Waals surface area contributed by atoms with Crippen molar-refractivity contribution < 1.29 is 9.53 Å². The molecule has 3 aromatic rings. The van der Waals surface area contributed by atoms with Crippen LogP contribution in [-0.4, -0.2) is 59.6 Å². The topological polar surface area (TPSA) is 71.5 Å². The third-order valence-corrected chi connectivity index (χ3v) is 7.30. The molecule has 2 fully saturated rings. The summed E-state index contributed by atoms with van der Waals surface area (Å²) in [6.07, 6.45) is 4.03. The largest absolute Gasteiger partial charge is 0.378 e. The molecule has 2 aliphatic rings. The van der Waals surface area contributed by atoms with Gasteiger partial charge in [0.05, 0.1) is 19.3 Å². The van der Waals surface area contributed by atoms with Crippen LogP contribution in [0.5, 0.6) is 0 Å². The number of fused-ring (bicyclic) bond motifs is 1. The molecule has 2 saturated heterocycles. The van der Waals surface area contributed by atoms with Crippen LogP contribution in [0.1, 0.15) is 37.7 Å². The Labute approximate surface area is 186 Å². The van der Waals surface area contributed by atoms with E-state index < -0.39 is 0 Å². The van der Waals surface area contributed by atoms with Gasteiger partial charge in [0.25, 0.3) is 0 Å². The molecule has 2 aliphatic heterocycles. The number of hydrogen-bond donors (Lipinski definition) is 0. The molecular weight excluding hydrogens is 410 g/mol. The third kappa shape index (κ3) is 4.14. The Bertz CT molecular complexity index is 1050. The highest BCUT2D eigenvalue weighted by atomic mass is 32.1. The zero-order valence-electron chi connectivity index (χ0n) is 17.7. The fourth-order valence-electron chi connectivity index (χ4n) is 4.52. The van der Waals surface area contributed by atoms with Crippen LogP contribution >= 0.6 is 11.3 Å². The van der Waals surface area contributed by atoms with Gasteiger partial charge in [-0.25, -0.2) is 9.97 Å². The summed E-state index contributed by atoms with van der Waals surface area (Å²) >= 11 is 1.61. The number of rotatable bonds is 6. The predicted molar refractivity (Wildman–Crippen MR) is 123 cm³/mol. The second kappa shape index (κ2) is 8.88. The summed E-state index contributed by atoms with van der Waals surface area (Å²) in [5.74, 6) is 1.44. The Morgan fingerprint density at radius 1 is 1.19 bits per heavy atom. The first-order valence-electron chi connectivity index (χ1n) is 11.0. The van der Waals surface area contributed by atoms with Crippen LogP contribution in [0.15, 0.2) is 36.7 Å². The fraction of sp³-hybridized carbons (Fsp3) is 0.478. The van der Waals surface area contributed by atoms with Gasteiger partial charge in [-0.2, -0.15) is 4.98 Å². The Morgan fingerprint density at radius 2 is 2.00 bits per heavy atom. The van der Waals surface area contributed by atoms with E-state index in [1.54, 1.807) is 17.7 Å². The monoisotopic (exact) mass is 437 g/mol. The lowest BCUT2D eigenvalue weighted by atomic mass is 9.93. The SMILES string of the molecule is C[C@@H](CC(=O)[C@H]1CCCN1c1nc2ncnc(N3CCOCC3)c2s1)c1ccccc1. The highest BCUT2D eigenvalue weighted by Crippen LogP contribution is 2.37.